The van der Waals surface area contributed by atoms with E-state index in [2.05, 4.69) is 57.4 Å². The van der Waals surface area contributed by atoms with E-state index in [0.717, 1.165) is 36.7 Å². The van der Waals surface area contributed by atoms with Crippen molar-refractivity contribution in [2.45, 2.75) is 26.3 Å². The number of fused-ring (bicyclic) bond motifs is 1. The Hall–Kier alpha value is -2.62. The van der Waals surface area contributed by atoms with Crippen LogP contribution in [0.5, 0.6) is 0 Å². The van der Waals surface area contributed by atoms with Gasteiger partial charge in [-0.15, -0.1) is 0 Å². The highest BCUT2D eigenvalue weighted by Gasteiger charge is 2.13. The molecule has 0 aliphatic carbocycles. The van der Waals surface area contributed by atoms with Crippen LogP contribution in [0.4, 0.5) is 11.5 Å². The minimum absolute atomic E-state index is 0.788. The van der Waals surface area contributed by atoms with Crippen molar-refractivity contribution < 1.29 is 0 Å². The molecule has 0 spiro atoms. The molecule has 1 saturated heterocycles. The average molecular weight is 318 g/mol. The lowest BCUT2D eigenvalue weighted by Gasteiger charge is -2.17. The molecule has 0 amide bonds. The van der Waals surface area contributed by atoms with Crippen LogP contribution in [-0.2, 0) is 6.54 Å². The number of nitrogens with one attached hydrogen (secondary N) is 1. The zero-order valence-electron chi connectivity index (χ0n) is 14.0. The first-order valence-electron chi connectivity index (χ1n) is 8.59. The van der Waals surface area contributed by atoms with Gasteiger partial charge in [-0.25, -0.2) is 4.98 Å². The topological polar surface area (TPSA) is 41.1 Å². The Labute approximate surface area is 142 Å². The SMILES string of the molecule is Cc1ccc2nccc(NCc3ccnc(N4CCCC4)c3)c2c1. The predicted octanol–water partition coefficient (Wildman–Crippen LogP) is 4.15. The zero-order chi connectivity index (χ0) is 16.4. The van der Waals surface area contributed by atoms with Gasteiger partial charge in [0.05, 0.1) is 5.52 Å². The fourth-order valence-electron chi connectivity index (χ4n) is 3.30. The van der Waals surface area contributed by atoms with E-state index in [1.54, 1.807) is 0 Å². The zero-order valence-corrected chi connectivity index (χ0v) is 14.0. The normalized spacial score (nSPS) is 14.3. The van der Waals surface area contributed by atoms with Crippen LogP contribution < -0.4 is 10.2 Å². The molecular formula is C20H22N4. The van der Waals surface area contributed by atoms with Crippen molar-refractivity contribution in [3.63, 3.8) is 0 Å². The summed E-state index contributed by atoms with van der Waals surface area (Å²) in [7, 11) is 0. The smallest absolute Gasteiger partial charge is 0.128 e. The molecule has 4 rings (SSSR count). The number of aromatic nitrogens is 2. The monoisotopic (exact) mass is 318 g/mol. The Balaban J connectivity index is 1.55. The number of hydrogen-bond donors (Lipinski definition) is 1. The second-order valence-electron chi connectivity index (χ2n) is 6.45. The molecular weight excluding hydrogens is 296 g/mol. The summed E-state index contributed by atoms with van der Waals surface area (Å²) in [5.41, 5.74) is 4.66. The average Bonchev–Trinajstić information content (AvgIpc) is 3.15. The van der Waals surface area contributed by atoms with E-state index in [1.807, 2.05) is 18.5 Å². The Morgan fingerprint density at radius 3 is 2.71 bits per heavy atom. The van der Waals surface area contributed by atoms with Crippen molar-refractivity contribution >= 4 is 22.4 Å². The van der Waals surface area contributed by atoms with Crippen molar-refractivity contribution in [3.05, 3.63) is 59.9 Å². The van der Waals surface area contributed by atoms with E-state index >= 15 is 0 Å². The van der Waals surface area contributed by atoms with E-state index in [0.29, 0.717) is 0 Å². The largest absolute Gasteiger partial charge is 0.380 e. The molecule has 1 aromatic carbocycles. The number of rotatable bonds is 4. The molecule has 4 nitrogen and oxygen atoms in total. The summed E-state index contributed by atoms with van der Waals surface area (Å²) < 4.78 is 0. The van der Waals surface area contributed by atoms with Crippen molar-refractivity contribution in [1.29, 1.82) is 0 Å². The third-order valence-electron chi connectivity index (χ3n) is 4.62. The molecule has 24 heavy (non-hydrogen) atoms. The van der Waals surface area contributed by atoms with Gasteiger partial charge in [-0.05, 0) is 55.7 Å². The molecule has 1 aliphatic rings. The van der Waals surface area contributed by atoms with Crippen molar-refractivity contribution in [2.24, 2.45) is 0 Å². The van der Waals surface area contributed by atoms with Crippen LogP contribution >= 0.6 is 0 Å². The van der Waals surface area contributed by atoms with Gasteiger partial charge < -0.3 is 10.2 Å². The van der Waals surface area contributed by atoms with Crippen LogP contribution in [0.15, 0.2) is 48.8 Å². The Morgan fingerprint density at radius 1 is 1.00 bits per heavy atom. The van der Waals surface area contributed by atoms with Crippen LogP contribution in [-0.4, -0.2) is 23.1 Å². The molecule has 3 aromatic rings. The van der Waals surface area contributed by atoms with Gasteiger partial charge in [-0.2, -0.15) is 0 Å². The maximum absolute atomic E-state index is 4.53. The van der Waals surface area contributed by atoms with Crippen LogP contribution in [0, 0.1) is 6.92 Å². The number of pyridine rings is 2. The van der Waals surface area contributed by atoms with Gasteiger partial charge in [0.25, 0.3) is 0 Å². The molecule has 0 bridgehead atoms. The fraction of sp³-hybridized carbons (Fsp3) is 0.300. The van der Waals surface area contributed by atoms with Gasteiger partial charge in [-0.1, -0.05) is 11.6 Å². The minimum atomic E-state index is 0.788. The standard InChI is InChI=1S/C20H22N4/c1-15-4-5-18-17(12-15)19(7-9-21-18)23-14-16-6-8-22-20(13-16)24-10-2-3-11-24/h4-9,12-13H,2-3,10-11,14H2,1H3,(H,21,23). The van der Waals surface area contributed by atoms with Crippen molar-refractivity contribution in [1.82, 2.24) is 9.97 Å². The molecule has 0 atom stereocenters. The molecule has 1 fully saturated rings. The van der Waals surface area contributed by atoms with E-state index < -0.39 is 0 Å². The molecule has 0 radical (unpaired) electrons. The molecule has 3 heterocycles. The van der Waals surface area contributed by atoms with Crippen LogP contribution in [0.3, 0.4) is 0 Å². The Bertz CT molecular complexity index is 853. The van der Waals surface area contributed by atoms with Gasteiger partial charge in [0.2, 0.25) is 0 Å². The van der Waals surface area contributed by atoms with E-state index in [4.69, 9.17) is 0 Å². The first-order valence-corrected chi connectivity index (χ1v) is 8.59. The molecule has 2 aromatic heterocycles. The van der Waals surface area contributed by atoms with E-state index in [9.17, 15) is 0 Å². The van der Waals surface area contributed by atoms with Gasteiger partial charge in [-0.3, -0.25) is 4.98 Å². The van der Waals surface area contributed by atoms with Crippen LogP contribution in [0.25, 0.3) is 10.9 Å². The summed E-state index contributed by atoms with van der Waals surface area (Å²) in [6, 6.07) is 12.7. The summed E-state index contributed by atoms with van der Waals surface area (Å²) in [6.45, 7) is 5.15. The molecule has 0 unspecified atom stereocenters. The maximum Gasteiger partial charge on any atom is 0.128 e. The van der Waals surface area contributed by atoms with Gasteiger partial charge in [0.1, 0.15) is 5.82 Å². The Morgan fingerprint density at radius 2 is 1.83 bits per heavy atom. The summed E-state index contributed by atoms with van der Waals surface area (Å²) >= 11 is 0. The predicted molar refractivity (Wildman–Crippen MR) is 99.5 cm³/mol. The van der Waals surface area contributed by atoms with E-state index in [1.165, 1.54) is 29.4 Å². The lowest BCUT2D eigenvalue weighted by atomic mass is 10.1. The van der Waals surface area contributed by atoms with Crippen LogP contribution in [0.2, 0.25) is 0 Å². The lowest BCUT2D eigenvalue weighted by Crippen LogP contribution is -2.19. The summed E-state index contributed by atoms with van der Waals surface area (Å²) in [5, 5.41) is 4.74. The highest BCUT2D eigenvalue weighted by atomic mass is 15.2. The fourth-order valence-corrected chi connectivity index (χ4v) is 3.30. The number of nitrogens with zero attached hydrogens (tertiary/aromatic N) is 3. The number of benzene rings is 1. The Kier molecular flexibility index (Phi) is 4.03. The van der Waals surface area contributed by atoms with Crippen molar-refractivity contribution in [2.75, 3.05) is 23.3 Å². The lowest BCUT2D eigenvalue weighted by molar-refractivity contribution is 0.931. The number of aryl methyl sites for hydroxylation is 1. The molecule has 1 aliphatic heterocycles. The first-order chi connectivity index (χ1) is 11.8. The minimum Gasteiger partial charge on any atom is -0.380 e. The van der Waals surface area contributed by atoms with Gasteiger partial charge in [0, 0.05) is 43.1 Å². The third kappa shape index (κ3) is 3.04. The highest BCUT2D eigenvalue weighted by molar-refractivity contribution is 5.91. The second-order valence-corrected chi connectivity index (χ2v) is 6.45. The maximum atomic E-state index is 4.53. The first kappa shape index (κ1) is 14.9. The number of anilines is 2. The highest BCUT2D eigenvalue weighted by Crippen LogP contribution is 2.24. The van der Waals surface area contributed by atoms with E-state index in [-0.39, 0.29) is 0 Å². The summed E-state index contributed by atoms with van der Waals surface area (Å²) in [6.07, 6.45) is 6.32. The molecule has 4 heteroatoms. The van der Waals surface area contributed by atoms with Gasteiger partial charge >= 0.3 is 0 Å². The van der Waals surface area contributed by atoms with Crippen LogP contribution in [0.1, 0.15) is 24.0 Å². The summed E-state index contributed by atoms with van der Waals surface area (Å²) in [4.78, 5) is 11.3. The quantitative estimate of drug-likeness (QED) is 0.784. The van der Waals surface area contributed by atoms with Crippen molar-refractivity contribution in [3.8, 4) is 0 Å². The third-order valence-corrected chi connectivity index (χ3v) is 4.62. The molecule has 1 N–H and O–H groups in total. The van der Waals surface area contributed by atoms with Gasteiger partial charge in [0.15, 0.2) is 0 Å². The molecule has 0 saturated carbocycles. The number of hydrogen-bond acceptors (Lipinski definition) is 4. The second kappa shape index (κ2) is 6.48. The molecule has 122 valence electrons. The summed E-state index contributed by atoms with van der Waals surface area (Å²) in [5.74, 6) is 1.10.